The SMILES string of the molecule is CS(=O)(=O)N(CCCC(=O)N1CCN(C=O)CC1)c1ccc(F)cc1. The highest BCUT2D eigenvalue weighted by Gasteiger charge is 2.21. The molecule has 0 aliphatic carbocycles. The third-order valence-electron chi connectivity index (χ3n) is 4.08. The largest absolute Gasteiger partial charge is 0.342 e. The van der Waals surface area contributed by atoms with Crippen LogP contribution in [0.4, 0.5) is 10.1 Å². The smallest absolute Gasteiger partial charge is 0.232 e. The van der Waals surface area contributed by atoms with Crippen LogP contribution in [0.5, 0.6) is 0 Å². The molecule has 0 bridgehead atoms. The molecular formula is C16H22FN3O4S. The zero-order valence-corrected chi connectivity index (χ0v) is 14.9. The van der Waals surface area contributed by atoms with Gasteiger partial charge in [-0.3, -0.25) is 13.9 Å². The second-order valence-electron chi connectivity index (χ2n) is 5.94. The normalized spacial score (nSPS) is 15.1. The van der Waals surface area contributed by atoms with E-state index in [0.29, 0.717) is 38.3 Å². The molecule has 0 unspecified atom stereocenters. The first-order valence-corrected chi connectivity index (χ1v) is 9.86. The fourth-order valence-corrected chi connectivity index (χ4v) is 3.67. The van der Waals surface area contributed by atoms with Gasteiger partial charge >= 0.3 is 0 Å². The number of carbonyl (C=O) groups excluding carboxylic acids is 2. The van der Waals surface area contributed by atoms with Gasteiger partial charge in [0.1, 0.15) is 5.82 Å². The van der Waals surface area contributed by atoms with Gasteiger partial charge in [0, 0.05) is 39.1 Å². The predicted octanol–water partition coefficient (Wildman–Crippen LogP) is 0.673. The van der Waals surface area contributed by atoms with Crippen molar-refractivity contribution in [3.63, 3.8) is 0 Å². The Morgan fingerprint density at radius 1 is 1.20 bits per heavy atom. The minimum absolute atomic E-state index is 0.0573. The summed E-state index contributed by atoms with van der Waals surface area (Å²) >= 11 is 0. The van der Waals surface area contributed by atoms with Crippen molar-refractivity contribution in [2.45, 2.75) is 12.8 Å². The van der Waals surface area contributed by atoms with Crippen LogP contribution in [0.25, 0.3) is 0 Å². The van der Waals surface area contributed by atoms with Crippen molar-refractivity contribution in [3.05, 3.63) is 30.1 Å². The highest BCUT2D eigenvalue weighted by Crippen LogP contribution is 2.19. The molecule has 138 valence electrons. The molecule has 0 spiro atoms. The zero-order chi connectivity index (χ0) is 18.4. The number of amides is 2. The summed E-state index contributed by atoms with van der Waals surface area (Å²) in [4.78, 5) is 26.2. The molecule has 2 rings (SSSR count). The Morgan fingerprint density at radius 2 is 1.80 bits per heavy atom. The molecule has 9 heteroatoms. The first-order chi connectivity index (χ1) is 11.8. The minimum Gasteiger partial charge on any atom is -0.342 e. The quantitative estimate of drug-likeness (QED) is 0.660. The van der Waals surface area contributed by atoms with Gasteiger partial charge in [0.2, 0.25) is 22.3 Å². The van der Waals surface area contributed by atoms with Crippen molar-refractivity contribution in [2.24, 2.45) is 0 Å². The highest BCUT2D eigenvalue weighted by molar-refractivity contribution is 7.92. The lowest BCUT2D eigenvalue weighted by molar-refractivity contribution is -0.135. The van der Waals surface area contributed by atoms with Crippen molar-refractivity contribution >= 4 is 28.0 Å². The van der Waals surface area contributed by atoms with Gasteiger partial charge in [0.15, 0.2) is 0 Å². The summed E-state index contributed by atoms with van der Waals surface area (Å²) in [5.74, 6) is -0.500. The Kier molecular flexibility index (Phi) is 6.35. The Morgan fingerprint density at radius 3 is 2.32 bits per heavy atom. The Bertz CT molecular complexity index is 701. The molecule has 7 nitrogen and oxygen atoms in total. The zero-order valence-electron chi connectivity index (χ0n) is 14.1. The number of nitrogens with zero attached hydrogens (tertiary/aromatic N) is 3. The van der Waals surface area contributed by atoms with Crippen LogP contribution in [0, 0.1) is 5.82 Å². The third kappa shape index (κ3) is 5.42. The highest BCUT2D eigenvalue weighted by atomic mass is 32.2. The van der Waals surface area contributed by atoms with Gasteiger partial charge in [-0.1, -0.05) is 0 Å². The van der Waals surface area contributed by atoms with Crippen molar-refractivity contribution in [3.8, 4) is 0 Å². The van der Waals surface area contributed by atoms with Crippen molar-refractivity contribution < 1.29 is 22.4 Å². The summed E-state index contributed by atoms with van der Waals surface area (Å²) < 4.78 is 38.1. The van der Waals surface area contributed by atoms with E-state index in [2.05, 4.69) is 0 Å². The number of sulfonamides is 1. The van der Waals surface area contributed by atoms with Crippen LogP contribution >= 0.6 is 0 Å². The number of benzene rings is 1. The summed E-state index contributed by atoms with van der Waals surface area (Å²) in [6.07, 6.45) is 2.43. The number of rotatable bonds is 7. The van der Waals surface area contributed by atoms with Crippen molar-refractivity contribution in [1.82, 2.24) is 9.80 Å². The molecule has 0 N–H and O–H groups in total. The summed E-state index contributed by atoms with van der Waals surface area (Å²) in [7, 11) is -3.52. The predicted molar refractivity (Wildman–Crippen MR) is 92.0 cm³/mol. The first-order valence-electron chi connectivity index (χ1n) is 8.01. The topological polar surface area (TPSA) is 78.0 Å². The average Bonchev–Trinajstić information content (AvgIpc) is 2.58. The Balaban J connectivity index is 1.90. The van der Waals surface area contributed by atoms with Crippen LogP contribution in [-0.2, 0) is 19.6 Å². The Labute approximate surface area is 147 Å². The molecule has 1 aromatic rings. The summed E-state index contributed by atoms with van der Waals surface area (Å²) in [6.45, 7) is 2.15. The molecular weight excluding hydrogens is 349 g/mol. The maximum absolute atomic E-state index is 13.0. The minimum atomic E-state index is -3.52. The van der Waals surface area contributed by atoms with Crippen LogP contribution in [0.2, 0.25) is 0 Å². The lowest BCUT2D eigenvalue weighted by Crippen LogP contribution is -2.48. The van der Waals surface area contributed by atoms with Gasteiger partial charge in [-0.05, 0) is 30.7 Å². The molecule has 2 amide bonds. The summed E-state index contributed by atoms with van der Waals surface area (Å²) in [5.41, 5.74) is 0.371. The van der Waals surface area contributed by atoms with E-state index in [9.17, 15) is 22.4 Å². The van der Waals surface area contributed by atoms with Crippen LogP contribution in [0.3, 0.4) is 0 Å². The molecule has 1 aliphatic rings. The van der Waals surface area contributed by atoms with Gasteiger partial charge in [0.25, 0.3) is 0 Å². The van der Waals surface area contributed by atoms with Gasteiger partial charge in [0.05, 0.1) is 11.9 Å². The first kappa shape index (κ1) is 19.2. The number of anilines is 1. The van der Waals surface area contributed by atoms with Crippen molar-refractivity contribution in [2.75, 3.05) is 43.3 Å². The van der Waals surface area contributed by atoms with E-state index in [1.807, 2.05) is 0 Å². The summed E-state index contributed by atoms with van der Waals surface area (Å²) in [5, 5.41) is 0. The number of halogens is 1. The van der Waals surface area contributed by atoms with E-state index in [-0.39, 0.29) is 18.9 Å². The van der Waals surface area contributed by atoms with Crippen LogP contribution in [-0.4, -0.2) is 69.5 Å². The van der Waals surface area contributed by atoms with E-state index < -0.39 is 15.8 Å². The fraction of sp³-hybridized carbons (Fsp3) is 0.500. The standard InChI is InChI=1S/C16H22FN3O4S/c1-25(23,24)20(15-6-4-14(17)5-7-15)8-2-3-16(22)19-11-9-18(13-21)10-12-19/h4-7,13H,2-3,8-12H2,1H3. The lowest BCUT2D eigenvalue weighted by Gasteiger charge is -2.32. The van der Waals surface area contributed by atoms with Gasteiger partial charge in [-0.15, -0.1) is 0 Å². The van der Waals surface area contributed by atoms with Gasteiger partial charge < -0.3 is 9.80 Å². The molecule has 0 saturated carbocycles. The maximum Gasteiger partial charge on any atom is 0.232 e. The lowest BCUT2D eigenvalue weighted by atomic mass is 10.2. The van der Waals surface area contributed by atoms with E-state index in [1.54, 1.807) is 9.80 Å². The number of hydrogen-bond donors (Lipinski definition) is 0. The van der Waals surface area contributed by atoms with E-state index in [1.165, 1.54) is 28.6 Å². The van der Waals surface area contributed by atoms with E-state index >= 15 is 0 Å². The molecule has 1 saturated heterocycles. The molecule has 0 atom stereocenters. The molecule has 1 aliphatic heterocycles. The second kappa shape index (κ2) is 8.28. The molecule has 1 heterocycles. The second-order valence-corrected chi connectivity index (χ2v) is 7.84. The number of hydrogen-bond acceptors (Lipinski definition) is 4. The molecule has 25 heavy (non-hydrogen) atoms. The fourth-order valence-electron chi connectivity index (χ4n) is 2.70. The molecule has 1 aromatic carbocycles. The third-order valence-corrected chi connectivity index (χ3v) is 5.28. The number of carbonyl (C=O) groups is 2. The molecule has 0 radical (unpaired) electrons. The maximum atomic E-state index is 13.0. The van der Waals surface area contributed by atoms with E-state index in [4.69, 9.17) is 0 Å². The Hall–Kier alpha value is -2.16. The van der Waals surface area contributed by atoms with Crippen LogP contribution < -0.4 is 4.31 Å². The molecule has 1 fully saturated rings. The van der Waals surface area contributed by atoms with Crippen molar-refractivity contribution in [1.29, 1.82) is 0 Å². The monoisotopic (exact) mass is 371 g/mol. The van der Waals surface area contributed by atoms with E-state index in [0.717, 1.165) is 12.7 Å². The van der Waals surface area contributed by atoms with Crippen LogP contribution in [0.1, 0.15) is 12.8 Å². The summed E-state index contributed by atoms with van der Waals surface area (Å²) in [6, 6.07) is 5.20. The van der Waals surface area contributed by atoms with Crippen LogP contribution in [0.15, 0.2) is 24.3 Å². The number of piperazine rings is 1. The molecule has 0 aromatic heterocycles. The van der Waals surface area contributed by atoms with Gasteiger partial charge in [-0.25, -0.2) is 12.8 Å². The van der Waals surface area contributed by atoms with Gasteiger partial charge in [-0.2, -0.15) is 0 Å². The average molecular weight is 371 g/mol.